The third-order valence-corrected chi connectivity index (χ3v) is 3.93. The molecule has 17 heavy (non-hydrogen) atoms. The molecule has 1 saturated carbocycles. The highest BCUT2D eigenvalue weighted by Crippen LogP contribution is 2.38. The summed E-state index contributed by atoms with van der Waals surface area (Å²) in [6.07, 6.45) is 4.11. The molecule has 3 atom stereocenters. The van der Waals surface area contributed by atoms with E-state index in [1.165, 1.54) is 0 Å². The SMILES string of the molecule is CCCC(C)C(=O)NC1CCCC1(C)C(=O)O. The Balaban J connectivity index is 2.62. The Bertz CT molecular complexity index is 303. The van der Waals surface area contributed by atoms with Crippen LogP contribution in [0.15, 0.2) is 0 Å². The molecule has 4 nitrogen and oxygen atoms in total. The summed E-state index contributed by atoms with van der Waals surface area (Å²) in [5.74, 6) is -0.840. The fraction of sp³-hybridized carbons (Fsp3) is 0.846. The minimum absolute atomic E-state index is 0.00812. The van der Waals surface area contributed by atoms with Crippen LogP contribution in [0.3, 0.4) is 0 Å². The van der Waals surface area contributed by atoms with Gasteiger partial charge in [0.2, 0.25) is 5.91 Å². The zero-order valence-electron chi connectivity index (χ0n) is 11.0. The van der Waals surface area contributed by atoms with Crippen molar-refractivity contribution in [1.82, 2.24) is 5.32 Å². The van der Waals surface area contributed by atoms with Crippen molar-refractivity contribution in [3.05, 3.63) is 0 Å². The standard InChI is InChI=1S/C13H23NO3/c1-4-6-9(2)11(15)14-10-7-5-8-13(10,3)12(16)17/h9-10H,4-8H2,1-3H3,(H,14,15)(H,16,17). The minimum Gasteiger partial charge on any atom is -0.481 e. The predicted molar refractivity (Wildman–Crippen MR) is 65.6 cm³/mol. The first kappa shape index (κ1) is 14.0. The summed E-state index contributed by atoms with van der Waals surface area (Å²) in [4.78, 5) is 23.2. The predicted octanol–water partition coefficient (Wildman–Crippen LogP) is 2.18. The van der Waals surface area contributed by atoms with Crippen LogP contribution in [-0.2, 0) is 9.59 Å². The van der Waals surface area contributed by atoms with Crippen molar-refractivity contribution < 1.29 is 14.7 Å². The van der Waals surface area contributed by atoms with Gasteiger partial charge in [-0.1, -0.05) is 26.7 Å². The highest BCUT2D eigenvalue weighted by molar-refractivity contribution is 5.81. The molecule has 1 fully saturated rings. The van der Waals surface area contributed by atoms with Crippen molar-refractivity contribution >= 4 is 11.9 Å². The van der Waals surface area contributed by atoms with Crippen molar-refractivity contribution in [2.24, 2.45) is 11.3 Å². The molecule has 0 aromatic heterocycles. The molecule has 0 radical (unpaired) electrons. The lowest BCUT2D eigenvalue weighted by atomic mass is 9.84. The van der Waals surface area contributed by atoms with E-state index in [2.05, 4.69) is 5.32 Å². The van der Waals surface area contributed by atoms with Crippen LogP contribution >= 0.6 is 0 Å². The Morgan fingerprint density at radius 1 is 1.53 bits per heavy atom. The molecular weight excluding hydrogens is 218 g/mol. The Labute approximate surface area is 103 Å². The number of carbonyl (C=O) groups excluding carboxylic acids is 1. The normalized spacial score (nSPS) is 29.9. The van der Waals surface area contributed by atoms with Crippen molar-refractivity contribution in [1.29, 1.82) is 0 Å². The van der Waals surface area contributed by atoms with Crippen LogP contribution in [0.4, 0.5) is 0 Å². The third kappa shape index (κ3) is 2.99. The van der Waals surface area contributed by atoms with Crippen LogP contribution in [0.1, 0.15) is 52.9 Å². The van der Waals surface area contributed by atoms with Gasteiger partial charge < -0.3 is 10.4 Å². The van der Waals surface area contributed by atoms with Gasteiger partial charge in [0.05, 0.1) is 5.41 Å². The summed E-state index contributed by atoms with van der Waals surface area (Å²) in [5.41, 5.74) is -0.790. The van der Waals surface area contributed by atoms with Gasteiger partial charge in [0.1, 0.15) is 0 Å². The number of hydrogen-bond acceptors (Lipinski definition) is 2. The Kier molecular flexibility index (Phi) is 4.54. The van der Waals surface area contributed by atoms with Crippen LogP contribution in [0, 0.1) is 11.3 Å². The number of aliphatic carboxylic acids is 1. The minimum atomic E-state index is -0.802. The number of hydrogen-bond donors (Lipinski definition) is 2. The molecule has 2 N–H and O–H groups in total. The molecule has 3 unspecified atom stereocenters. The molecule has 0 aromatic rings. The van der Waals surface area contributed by atoms with Gasteiger partial charge in [-0.2, -0.15) is 0 Å². The molecule has 1 aliphatic carbocycles. The van der Waals surface area contributed by atoms with Gasteiger partial charge in [0.15, 0.2) is 0 Å². The van der Waals surface area contributed by atoms with Crippen molar-refractivity contribution in [3.8, 4) is 0 Å². The third-order valence-electron chi connectivity index (χ3n) is 3.93. The largest absolute Gasteiger partial charge is 0.481 e. The van der Waals surface area contributed by atoms with Crippen LogP contribution in [0.5, 0.6) is 0 Å². The lowest BCUT2D eigenvalue weighted by Gasteiger charge is -2.28. The first-order chi connectivity index (χ1) is 7.91. The highest BCUT2D eigenvalue weighted by Gasteiger charge is 2.46. The van der Waals surface area contributed by atoms with Crippen LogP contribution in [0.2, 0.25) is 0 Å². The topological polar surface area (TPSA) is 66.4 Å². The van der Waals surface area contributed by atoms with Crippen LogP contribution in [-0.4, -0.2) is 23.0 Å². The van der Waals surface area contributed by atoms with Gasteiger partial charge in [0.25, 0.3) is 0 Å². The van der Waals surface area contributed by atoms with Crippen LogP contribution in [0.25, 0.3) is 0 Å². The van der Waals surface area contributed by atoms with Gasteiger partial charge in [-0.15, -0.1) is 0 Å². The van der Waals surface area contributed by atoms with E-state index < -0.39 is 11.4 Å². The lowest BCUT2D eigenvalue weighted by molar-refractivity contribution is -0.149. The average Bonchev–Trinajstić information content (AvgIpc) is 2.62. The molecule has 0 bridgehead atoms. The highest BCUT2D eigenvalue weighted by atomic mass is 16.4. The number of nitrogens with one attached hydrogen (secondary N) is 1. The fourth-order valence-electron chi connectivity index (χ4n) is 2.53. The van der Waals surface area contributed by atoms with Gasteiger partial charge in [-0.3, -0.25) is 9.59 Å². The van der Waals surface area contributed by atoms with E-state index in [9.17, 15) is 14.7 Å². The number of amides is 1. The monoisotopic (exact) mass is 241 g/mol. The van der Waals surface area contributed by atoms with Crippen LogP contribution < -0.4 is 5.32 Å². The Morgan fingerprint density at radius 2 is 2.18 bits per heavy atom. The summed E-state index contributed by atoms with van der Waals surface area (Å²) in [6, 6.07) is -0.216. The van der Waals surface area contributed by atoms with Crippen molar-refractivity contribution in [3.63, 3.8) is 0 Å². The van der Waals surface area contributed by atoms with E-state index in [4.69, 9.17) is 0 Å². The first-order valence-electron chi connectivity index (χ1n) is 6.45. The van der Waals surface area contributed by atoms with Gasteiger partial charge in [-0.05, 0) is 26.2 Å². The summed E-state index contributed by atoms with van der Waals surface area (Å²) < 4.78 is 0. The summed E-state index contributed by atoms with van der Waals surface area (Å²) >= 11 is 0. The van der Waals surface area contributed by atoms with E-state index in [-0.39, 0.29) is 17.9 Å². The zero-order valence-corrected chi connectivity index (χ0v) is 11.0. The molecule has 0 saturated heterocycles. The number of rotatable bonds is 5. The van der Waals surface area contributed by atoms with Crippen molar-refractivity contribution in [2.75, 3.05) is 0 Å². The first-order valence-corrected chi connectivity index (χ1v) is 6.45. The second kappa shape index (κ2) is 5.52. The number of carboxylic acids is 1. The molecule has 4 heteroatoms. The molecular formula is C13H23NO3. The van der Waals surface area contributed by atoms with Gasteiger partial charge in [-0.25, -0.2) is 0 Å². The summed E-state index contributed by atoms with van der Waals surface area (Å²) in [6.45, 7) is 5.67. The Morgan fingerprint density at radius 3 is 2.71 bits per heavy atom. The van der Waals surface area contributed by atoms with E-state index >= 15 is 0 Å². The summed E-state index contributed by atoms with van der Waals surface area (Å²) in [7, 11) is 0. The smallest absolute Gasteiger partial charge is 0.311 e. The molecule has 1 rings (SSSR count). The fourth-order valence-corrected chi connectivity index (χ4v) is 2.53. The molecule has 0 spiro atoms. The Hall–Kier alpha value is -1.06. The maximum absolute atomic E-state index is 11.9. The molecule has 0 aliphatic heterocycles. The lowest BCUT2D eigenvalue weighted by Crippen LogP contribution is -2.48. The van der Waals surface area contributed by atoms with Gasteiger partial charge in [0, 0.05) is 12.0 Å². The summed E-state index contributed by atoms with van der Waals surface area (Å²) in [5, 5.41) is 12.2. The number of carboxylic acid groups (broad SMARTS) is 1. The van der Waals surface area contributed by atoms with E-state index in [1.807, 2.05) is 13.8 Å². The zero-order chi connectivity index (χ0) is 13.1. The van der Waals surface area contributed by atoms with E-state index in [1.54, 1.807) is 6.92 Å². The average molecular weight is 241 g/mol. The maximum atomic E-state index is 11.9. The molecule has 1 amide bonds. The molecule has 0 heterocycles. The second-order valence-electron chi connectivity index (χ2n) is 5.37. The molecule has 1 aliphatic rings. The van der Waals surface area contributed by atoms with Crippen molar-refractivity contribution in [2.45, 2.75) is 58.9 Å². The second-order valence-corrected chi connectivity index (χ2v) is 5.37. The maximum Gasteiger partial charge on any atom is 0.311 e. The van der Waals surface area contributed by atoms with E-state index in [0.717, 1.165) is 25.7 Å². The number of carbonyl (C=O) groups is 2. The molecule has 0 aromatic carbocycles. The van der Waals surface area contributed by atoms with E-state index in [0.29, 0.717) is 6.42 Å². The molecule has 98 valence electrons. The quantitative estimate of drug-likeness (QED) is 0.775. The van der Waals surface area contributed by atoms with Gasteiger partial charge >= 0.3 is 5.97 Å².